The first-order valence-electron chi connectivity index (χ1n) is 5.79. The topological polar surface area (TPSA) is 69.5 Å². The van der Waals surface area contributed by atoms with Crippen molar-refractivity contribution in [3.8, 4) is 0 Å². The van der Waals surface area contributed by atoms with Crippen LogP contribution >= 0.6 is 12.2 Å². The SMILES string of the molecule is C=CCN(CCO)C(=O)c1ccc2[nH]c(=S)oc2c1. The van der Waals surface area contributed by atoms with Gasteiger partial charge in [0.25, 0.3) is 10.7 Å². The van der Waals surface area contributed by atoms with Crippen molar-refractivity contribution in [3.63, 3.8) is 0 Å². The standard InChI is InChI=1S/C13H14N2O3S/c1-2-5-15(6-7-16)12(17)9-3-4-10-11(8-9)18-13(19)14-10/h2-4,8,16H,1,5-7H2,(H,14,19). The summed E-state index contributed by atoms with van der Waals surface area (Å²) in [6.07, 6.45) is 1.62. The van der Waals surface area contributed by atoms with Gasteiger partial charge in [0.05, 0.1) is 12.1 Å². The highest BCUT2D eigenvalue weighted by Gasteiger charge is 2.15. The predicted octanol–water partition coefficient (Wildman–Crippen LogP) is 2.11. The summed E-state index contributed by atoms with van der Waals surface area (Å²) in [7, 11) is 0. The molecule has 0 atom stereocenters. The van der Waals surface area contributed by atoms with Crippen LogP contribution in [0.5, 0.6) is 0 Å². The van der Waals surface area contributed by atoms with Gasteiger partial charge in [0.15, 0.2) is 5.58 Å². The highest BCUT2D eigenvalue weighted by molar-refractivity contribution is 7.71. The zero-order chi connectivity index (χ0) is 13.8. The second-order valence-electron chi connectivity index (χ2n) is 3.99. The maximum absolute atomic E-state index is 12.3. The number of rotatable bonds is 5. The molecule has 2 N–H and O–H groups in total. The van der Waals surface area contributed by atoms with Gasteiger partial charge >= 0.3 is 0 Å². The molecule has 1 aromatic heterocycles. The van der Waals surface area contributed by atoms with Gasteiger partial charge < -0.3 is 19.4 Å². The molecule has 0 aliphatic heterocycles. The molecular weight excluding hydrogens is 264 g/mol. The number of carbonyl (C=O) groups excluding carboxylic acids is 1. The molecule has 1 amide bonds. The number of amides is 1. The molecule has 0 fully saturated rings. The Labute approximate surface area is 115 Å². The monoisotopic (exact) mass is 278 g/mol. The lowest BCUT2D eigenvalue weighted by Gasteiger charge is -2.19. The fraction of sp³-hybridized carbons (Fsp3) is 0.231. The Morgan fingerprint density at radius 2 is 2.37 bits per heavy atom. The Hall–Kier alpha value is -1.92. The van der Waals surface area contributed by atoms with E-state index in [1.807, 2.05) is 0 Å². The normalized spacial score (nSPS) is 10.6. The van der Waals surface area contributed by atoms with Crippen LogP contribution in [0.2, 0.25) is 0 Å². The van der Waals surface area contributed by atoms with E-state index in [1.54, 1.807) is 24.3 Å². The van der Waals surface area contributed by atoms with Crippen molar-refractivity contribution in [2.24, 2.45) is 0 Å². The Kier molecular flexibility index (Phi) is 4.13. The summed E-state index contributed by atoms with van der Waals surface area (Å²) in [6.45, 7) is 4.15. The maximum atomic E-state index is 12.3. The summed E-state index contributed by atoms with van der Waals surface area (Å²) in [5.74, 6) is -0.182. The number of H-pyrrole nitrogens is 1. The molecule has 0 spiro atoms. The lowest BCUT2D eigenvalue weighted by Crippen LogP contribution is -2.33. The molecule has 100 valence electrons. The van der Waals surface area contributed by atoms with Crippen LogP contribution in [0.3, 0.4) is 0 Å². The highest BCUT2D eigenvalue weighted by atomic mass is 32.1. The van der Waals surface area contributed by atoms with Gasteiger partial charge in [-0.25, -0.2) is 0 Å². The number of aliphatic hydroxyl groups is 1. The molecule has 1 aromatic carbocycles. The minimum absolute atomic E-state index is 0.0906. The van der Waals surface area contributed by atoms with Gasteiger partial charge in [0, 0.05) is 18.7 Å². The summed E-state index contributed by atoms with van der Waals surface area (Å²) in [6, 6.07) is 5.07. The quantitative estimate of drug-likeness (QED) is 0.649. The first-order valence-corrected chi connectivity index (χ1v) is 6.20. The van der Waals surface area contributed by atoms with Gasteiger partial charge in [-0.05, 0) is 30.4 Å². The summed E-state index contributed by atoms with van der Waals surface area (Å²) < 4.78 is 5.28. The summed E-state index contributed by atoms with van der Waals surface area (Å²) in [4.78, 5) is 16.9. The molecule has 0 aliphatic rings. The second-order valence-corrected chi connectivity index (χ2v) is 4.36. The number of nitrogens with zero attached hydrogens (tertiary/aromatic N) is 1. The van der Waals surface area contributed by atoms with Crippen LogP contribution < -0.4 is 0 Å². The molecule has 0 aliphatic carbocycles. The van der Waals surface area contributed by atoms with E-state index in [0.717, 1.165) is 5.52 Å². The molecule has 0 radical (unpaired) electrons. The summed E-state index contributed by atoms with van der Waals surface area (Å²) in [5, 5.41) is 8.97. The number of benzene rings is 1. The van der Waals surface area contributed by atoms with Crippen LogP contribution in [-0.4, -0.2) is 40.6 Å². The third-order valence-electron chi connectivity index (χ3n) is 2.67. The molecule has 19 heavy (non-hydrogen) atoms. The number of aliphatic hydroxyl groups excluding tert-OH is 1. The van der Waals surface area contributed by atoms with Gasteiger partial charge in [-0.1, -0.05) is 6.08 Å². The lowest BCUT2D eigenvalue weighted by molar-refractivity contribution is 0.0743. The number of hydrogen-bond acceptors (Lipinski definition) is 4. The van der Waals surface area contributed by atoms with Crippen molar-refractivity contribution in [3.05, 3.63) is 41.3 Å². The first-order chi connectivity index (χ1) is 9.15. The van der Waals surface area contributed by atoms with E-state index < -0.39 is 0 Å². The Balaban J connectivity index is 2.33. The van der Waals surface area contributed by atoms with Crippen LogP contribution in [-0.2, 0) is 0 Å². The number of oxazole rings is 1. The largest absolute Gasteiger partial charge is 0.429 e. The molecule has 5 nitrogen and oxygen atoms in total. The molecule has 0 saturated carbocycles. The Morgan fingerprint density at radius 1 is 1.58 bits per heavy atom. The van der Waals surface area contributed by atoms with E-state index in [0.29, 0.717) is 17.7 Å². The van der Waals surface area contributed by atoms with Crippen LogP contribution in [0.25, 0.3) is 11.1 Å². The average Bonchev–Trinajstić information content (AvgIpc) is 2.76. The van der Waals surface area contributed by atoms with Crippen molar-refractivity contribution < 1.29 is 14.3 Å². The molecule has 0 unspecified atom stereocenters. The van der Waals surface area contributed by atoms with Crippen molar-refractivity contribution in [1.29, 1.82) is 0 Å². The predicted molar refractivity (Wildman–Crippen MR) is 74.6 cm³/mol. The Bertz CT molecular complexity index is 659. The first kappa shape index (κ1) is 13.5. The zero-order valence-electron chi connectivity index (χ0n) is 10.3. The van der Waals surface area contributed by atoms with Crippen LogP contribution in [0.15, 0.2) is 35.3 Å². The van der Waals surface area contributed by atoms with E-state index in [2.05, 4.69) is 11.6 Å². The zero-order valence-corrected chi connectivity index (χ0v) is 11.1. The van der Waals surface area contributed by atoms with E-state index in [1.165, 1.54) is 4.90 Å². The minimum Gasteiger partial charge on any atom is -0.429 e. The fourth-order valence-corrected chi connectivity index (χ4v) is 2.01. The van der Waals surface area contributed by atoms with Crippen LogP contribution in [0.4, 0.5) is 0 Å². The van der Waals surface area contributed by atoms with Gasteiger partial charge in [-0.2, -0.15) is 0 Å². The van der Waals surface area contributed by atoms with Gasteiger partial charge in [0.2, 0.25) is 0 Å². The van der Waals surface area contributed by atoms with E-state index in [-0.39, 0.29) is 23.9 Å². The van der Waals surface area contributed by atoms with E-state index >= 15 is 0 Å². The molecule has 2 aromatic rings. The average molecular weight is 278 g/mol. The van der Waals surface area contributed by atoms with E-state index in [9.17, 15) is 4.79 Å². The van der Waals surface area contributed by atoms with Crippen molar-refractivity contribution in [2.45, 2.75) is 0 Å². The van der Waals surface area contributed by atoms with Gasteiger partial charge in [0.1, 0.15) is 0 Å². The third kappa shape index (κ3) is 2.91. The van der Waals surface area contributed by atoms with E-state index in [4.69, 9.17) is 21.7 Å². The van der Waals surface area contributed by atoms with Crippen molar-refractivity contribution in [2.75, 3.05) is 19.7 Å². The molecule has 2 rings (SSSR count). The van der Waals surface area contributed by atoms with Crippen molar-refractivity contribution >= 4 is 29.2 Å². The molecular formula is C13H14N2O3S. The third-order valence-corrected chi connectivity index (χ3v) is 2.86. The summed E-state index contributed by atoms with van der Waals surface area (Å²) >= 11 is 4.89. The number of nitrogens with one attached hydrogen (secondary N) is 1. The lowest BCUT2D eigenvalue weighted by atomic mass is 10.2. The van der Waals surface area contributed by atoms with Crippen molar-refractivity contribution in [1.82, 2.24) is 9.88 Å². The van der Waals surface area contributed by atoms with Crippen LogP contribution in [0, 0.1) is 4.84 Å². The molecule has 6 heteroatoms. The maximum Gasteiger partial charge on any atom is 0.266 e. The van der Waals surface area contributed by atoms with Gasteiger partial charge in [-0.15, -0.1) is 6.58 Å². The number of aromatic amines is 1. The number of hydrogen-bond donors (Lipinski definition) is 2. The number of carbonyl (C=O) groups is 1. The number of aromatic nitrogens is 1. The molecule has 1 heterocycles. The highest BCUT2D eigenvalue weighted by Crippen LogP contribution is 2.16. The Morgan fingerprint density at radius 3 is 3.05 bits per heavy atom. The minimum atomic E-state index is -0.182. The summed E-state index contributed by atoms with van der Waals surface area (Å²) in [5.41, 5.74) is 1.78. The molecule has 0 bridgehead atoms. The van der Waals surface area contributed by atoms with Crippen LogP contribution in [0.1, 0.15) is 10.4 Å². The second kappa shape index (κ2) is 5.81. The molecule has 0 saturated heterocycles. The van der Waals surface area contributed by atoms with Gasteiger partial charge in [-0.3, -0.25) is 4.79 Å². The fourth-order valence-electron chi connectivity index (χ4n) is 1.81. The number of fused-ring (bicyclic) bond motifs is 1. The smallest absolute Gasteiger partial charge is 0.266 e.